The van der Waals surface area contributed by atoms with E-state index in [1.807, 2.05) is 13.8 Å². The highest BCUT2D eigenvalue weighted by atomic mass is 16.6. The van der Waals surface area contributed by atoms with E-state index in [1.54, 1.807) is 20.8 Å². The molecule has 1 aliphatic carbocycles. The fraction of sp³-hybridized carbons (Fsp3) is 0.800. The first kappa shape index (κ1) is 28.3. The number of aromatic amines is 1. The molecule has 1 aromatic rings. The largest absolute Gasteiger partial charge is 0.458 e. The van der Waals surface area contributed by atoms with Crippen LogP contribution in [0.4, 0.5) is 0 Å². The van der Waals surface area contributed by atoms with Crippen molar-refractivity contribution in [2.75, 3.05) is 0 Å². The van der Waals surface area contributed by atoms with E-state index in [2.05, 4.69) is 15.3 Å². The van der Waals surface area contributed by atoms with Gasteiger partial charge in [-0.05, 0) is 39.0 Å². The van der Waals surface area contributed by atoms with Crippen molar-refractivity contribution in [2.45, 2.75) is 115 Å². The van der Waals surface area contributed by atoms with Crippen LogP contribution in [0.2, 0.25) is 0 Å². The molecule has 1 aliphatic rings. The van der Waals surface area contributed by atoms with Crippen molar-refractivity contribution >= 4 is 11.9 Å². The van der Waals surface area contributed by atoms with Crippen molar-refractivity contribution in [3.05, 3.63) is 18.2 Å². The van der Waals surface area contributed by atoms with Crippen LogP contribution < -0.4 is 11.1 Å². The van der Waals surface area contributed by atoms with E-state index in [0.717, 1.165) is 25.7 Å². The lowest BCUT2D eigenvalue weighted by atomic mass is 9.82. The van der Waals surface area contributed by atoms with Gasteiger partial charge in [-0.1, -0.05) is 46.0 Å². The molecular formula is C25H44N4O5. The zero-order valence-electron chi connectivity index (χ0n) is 21.3. The van der Waals surface area contributed by atoms with Gasteiger partial charge in [0.25, 0.3) is 5.91 Å². The van der Waals surface area contributed by atoms with E-state index in [-0.39, 0.29) is 18.8 Å². The summed E-state index contributed by atoms with van der Waals surface area (Å²) in [6, 6.07) is -0.642. The third kappa shape index (κ3) is 8.36. The molecule has 9 heteroatoms. The summed E-state index contributed by atoms with van der Waals surface area (Å²) < 4.78 is 5.50. The highest BCUT2D eigenvalue weighted by molar-refractivity contribution is 6.07. The molecule has 9 nitrogen and oxygen atoms in total. The number of aliphatic hydroxyl groups excluding tert-OH is 2. The lowest BCUT2D eigenvalue weighted by Crippen LogP contribution is -2.65. The van der Waals surface area contributed by atoms with E-state index in [0.29, 0.717) is 18.0 Å². The van der Waals surface area contributed by atoms with Gasteiger partial charge in [0, 0.05) is 24.7 Å². The van der Waals surface area contributed by atoms with Gasteiger partial charge in [-0.25, -0.2) is 9.78 Å². The number of H-pyrrole nitrogens is 1. The normalized spacial score (nSPS) is 19.8. The summed E-state index contributed by atoms with van der Waals surface area (Å²) in [5, 5.41) is 24.2. The van der Waals surface area contributed by atoms with Gasteiger partial charge < -0.3 is 31.0 Å². The number of rotatable bonds is 11. The molecule has 194 valence electrons. The SMILES string of the molecule is CC(C)C(O)CC(O)[C@H](CC1CCCCC1)NC(=O)[C@@](N)(Cc1cnc[nH]1)C(=O)OC(C)(C)C. The summed E-state index contributed by atoms with van der Waals surface area (Å²) in [7, 11) is 0. The average molecular weight is 481 g/mol. The highest BCUT2D eigenvalue weighted by Gasteiger charge is 2.47. The molecule has 4 atom stereocenters. The summed E-state index contributed by atoms with van der Waals surface area (Å²) in [4.78, 5) is 33.5. The van der Waals surface area contributed by atoms with E-state index in [9.17, 15) is 19.8 Å². The molecule has 1 heterocycles. The Morgan fingerprint density at radius 2 is 1.85 bits per heavy atom. The summed E-state index contributed by atoms with van der Waals surface area (Å²) in [6.07, 6.45) is 7.32. The Morgan fingerprint density at radius 3 is 2.38 bits per heavy atom. The standard InChI is InChI=1S/C25H44N4O5/c1-16(2)20(30)12-21(31)19(11-17-9-7-6-8-10-17)29-22(32)25(26,13-18-14-27-15-28-18)23(33)34-24(3,4)5/h14-17,19-21,30-31H,6-13,26H2,1-5H3,(H,27,28)(H,29,32)/t19-,20?,21?,25-/m0/s1. The average Bonchev–Trinajstić information content (AvgIpc) is 3.25. The molecule has 1 aromatic heterocycles. The lowest BCUT2D eigenvalue weighted by molar-refractivity contribution is -0.164. The number of hydrogen-bond acceptors (Lipinski definition) is 7. The van der Waals surface area contributed by atoms with Crippen LogP contribution >= 0.6 is 0 Å². The number of nitrogens with zero attached hydrogens (tertiary/aromatic N) is 1. The minimum Gasteiger partial charge on any atom is -0.458 e. The van der Waals surface area contributed by atoms with Crippen LogP contribution in [0.25, 0.3) is 0 Å². The Bertz CT molecular complexity index is 771. The van der Waals surface area contributed by atoms with Gasteiger partial charge in [0.1, 0.15) is 5.60 Å². The van der Waals surface area contributed by atoms with Crippen LogP contribution in [-0.2, 0) is 20.7 Å². The quantitative estimate of drug-likeness (QED) is 0.241. The molecular weight excluding hydrogens is 436 g/mol. The number of imidazole rings is 1. The Labute approximate surface area is 203 Å². The number of carbonyl (C=O) groups is 2. The van der Waals surface area contributed by atoms with E-state index >= 15 is 0 Å². The third-order valence-corrected chi connectivity index (χ3v) is 6.54. The summed E-state index contributed by atoms with van der Waals surface area (Å²) >= 11 is 0. The van der Waals surface area contributed by atoms with Crippen LogP contribution in [-0.4, -0.2) is 61.4 Å². The van der Waals surface area contributed by atoms with Crippen molar-refractivity contribution < 1.29 is 24.5 Å². The third-order valence-electron chi connectivity index (χ3n) is 6.54. The molecule has 0 bridgehead atoms. The molecule has 1 saturated carbocycles. The van der Waals surface area contributed by atoms with Crippen molar-refractivity contribution in [1.82, 2.24) is 15.3 Å². The number of ether oxygens (including phenoxy) is 1. The van der Waals surface area contributed by atoms with Crippen molar-refractivity contribution in [1.29, 1.82) is 0 Å². The summed E-state index contributed by atoms with van der Waals surface area (Å²) in [5.41, 5.74) is 4.12. The van der Waals surface area contributed by atoms with Crippen LogP contribution in [0.5, 0.6) is 0 Å². The minimum absolute atomic E-state index is 0.0311. The summed E-state index contributed by atoms with van der Waals surface area (Å²) in [6.45, 7) is 8.89. The summed E-state index contributed by atoms with van der Waals surface area (Å²) in [5.74, 6) is -1.24. The number of aromatic nitrogens is 2. The van der Waals surface area contributed by atoms with Gasteiger partial charge in [-0.2, -0.15) is 0 Å². The van der Waals surface area contributed by atoms with Crippen LogP contribution in [0.1, 0.15) is 85.3 Å². The molecule has 0 spiro atoms. The lowest BCUT2D eigenvalue weighted by Gasteiger charge is -2.35. The number of amides is 1. The van der Waals surface area contributed by atoms with Gasteiger partial charge in [-0.15, -0.1) is 0 Å². The predicted molar refractivity (Wildman–Crippen MR) is 130 cm³/mol. The van der Waals surface area contributed by atoms with Gasteiger partial charge in [0.2, 0.25) is 0 Å². The van der Waals surface area contributed by atoms with Crippen molar-refractivity contribution in [3.63, 3.8) is 0 Å². The first-order chi connectivity index (χ1) is 15.8. The van der Waals surface area contributed by atoms with Gasteiger partial charge in [0.15, 0.2) is 5.54 Å². The van der Waals surface area contributed by atoms with Crippen LogP contribution in [0, 0.1) is 11.8 Å². The zero-order chi connectivity index (χ0) is 25.5. The Kier molecular flexibility index (Phi) is 10.1. The number of nitrogens with one attached hydrogen (secondary N) is 2. The molecule has 34 heavy (non-hydrogen) atoms. The number of hydrogen-bond donors (Lipinski definition) is 5. The van der Waals surface area contributed by atoms with Gasteiger partial charge in [0.05, 0.1) is 24.6 Å². The molecule has 2 unspecified atom stereocenters. The van der Waals surface area contributed by atoms with Crippen molar-refractivity contribution in [2.24, 2.45) is 17.6 Å². The van der Waals surface area contributed by atoms with Crippen molar-refractivity contribution in [3.8, 4) is 0 Å². The second kappa shape index (κ2) is 12.1. The second-order valence-corrected chi connectivity index (χ2v) is 11.2. The fourth-order valence-electron chi connectivity index (χ4n) is 4.37. The smallest absolute Gasteiger partial charge is 0.336 e. The Balaban J connectivity index is 2.27. The maximum absolute atomic E-state index is 13.5. The van der Waals surface area contributed by atoms with E-state index in [4.69, 9.17) is 10.5 Å². The number of esters is 1. The van der Waals surface area contributed by atoms with Crippen LogP contribution in [0.15, 0.2) is 12.5 Å². The predicted octanol–water partition coefficient (Wildman–Crippen LogP) is 2.21. The van der Waals surface area contributed by atoms with Crippen LogP contribution in [0.3, 0.4) is 0 Å². The maximum atomic E-state index is 13.5. The minimum atomic E-state index is -2.01. The Morgan fingerprint density at radius 1 is 1.21 bits per heavy atom. The number of nitrogens with two attached hydrogens (primary N) is 1. The van der Waals surface area contributed by atoms with Gasteiger partial charge in [-0.3, -0.25) is 4.79 Å². The Hall–Kier alpha value is -1.97. The first-order valence-corrected chi connectivity index (χ1v) is 12.5. The second-order valence-electron chi connectivity index (χ2n) is 11.2. The number of carbonyl (C=O) groups excluding carboxylic acids is 2. The molecule has 0 radical (unpaired) electrons. The van der Waals surface area contributed by atoms with E-state index in [1.165, 1.54) is 18.9 Å². The monoisotopic (exact) mass is 480 g/mol. The maximum Gasteiger partial charge on any atom is 0.336 e. The molecule has 1 fully saturated rings. The molecule has 0 saturated heterocycles. The molecule has 1 amide bonds. The first-order valence-electron chi connectivity index (χ1n) is 12.5. The van der Waals surface area contributed by atoms with Gasteiger partial charge >= 0.3 is 5.97 Å². The molecule has 2 rings (SSSR count). The molecule has 6 N–H and O–H groups in total. The fourth-order valence-corrected chi connectivity index (χ4v) is 4.37. The molecule has 0 aromatic carbocycles. The van der Waals surface area contributed by atoms with E-state index < -0.39 is 41.3 Å². The number of aliphatic hydroxyl groups is 2. The topological polar surface area (TPSA) is 151 Å². The highest BCUT2D eigenvalue weighted by Crippen LogP contribution is 2.29. The molecule has 0 aliphatic heterocycles. The zero-order valence-corrected chi connectivity index (χ0v) is 21.3.